The van der Waals surface area contributed by atoms with Crippen LogP contribution in [0.3, 0.4) is 0 Å². The Morgan fingerprint density at radius 2 is 0.861 bits per heavy atom. The second kappa shape index (κ2) is 26.1. The van der Waals surface area contributed by atoms with Gasteiger partial charge in [0, 0.05) is 0 Å². The van der Waals surface area contributed by atoms with Crippen LogP contribution in [0.5, 0.6) is 0 Å². The zero-order valence-electron chi connectivity index (χ0n) is 43.7. The van der Waals surface area contributed by atoms with Crippen molar-refractivity contribution in [1.82, 2.24) is 0 Å². The lowest BCUT2D eigenvalue weighted by Crippen LogP contribution is -2.64. The van der Waals surface area contributed by atoms with E-state index >= 15 is 0 Å². The number of hydrogen-bond acceptors (Lipinski definition) is 24. The molecule has 24 heteroatoms. The second-order valence-corrected chi connectivity index (χ2v) is 22.9. The van der Waals surface area contributed by atoms with E-state index in [1.165, 1.54) is 6.92 Å². The van der Waals surface area contributed by atoms with Crippen LogP contribution in [0.25, 0.3) is 0 Å². The van der Waals surface area contributed by atoms with Crippen LogP contribution in [0, 0.1) is 10.8 Å². The fourth-order valence-electron chi connectivity index (χ4n) is 7.87. The topological polar surface area (TPSA) is 366 Å². The summed E-state index contributed by atoms with van der Waals surface area (Å²) in [6, 6.07) is 0. The highest BCUT2D eigenvalue weighted by molar-refractivity contribution is 5.94. The van der Waals surface area contributed by atoms with Gasteiger partial charge in [0.25, 0.3) is 0 Å². The van der Waals surface area contributed by atoms with Gasteiger partial charge in [0.2, 0.25) is 0 Å². The van der Waals surface area contributed by atoms with Crippen LogP contribution in [0.15, 0.2) is 12.3 Å². The first-order valence-electron chi connectivity index (χ1n) is 24.0. The lowest BCUT2D eigenvalue weighted by Gasteiger charge is -2.47. The van der Waals surface area contributed by atoms with E-state index in [2.05, 4.69) is 11.3 Å². The summed E-state index contributed by atoms with van der Waals surface area (Å²) < 4.78 is 54.9. The van der Waals surface area contributed by atoms with Gasteiger partial charge in [0.15, 0.2) is 18.7 Å². The number of hydrogen-bond donors (Lipinski definition) is 11. The molecule has 0 aromatic carbocycles. The minimum atomic E-state index is -1.61. The molecule has 5 aliphatic heterocycles. The quantitative estimate of drug-likeness (QED) is 0.0703. The van der Waals surface area contributed by atoms with Crippen LogP contribution in [0.1, 0.15) is 103 Å². The SMILES string of the molecule is C=C1CC(=O)O1.CC(=O)CC(=O)OC1C(O)C(COC2OC(COC(C)(C)C)C(O)C(O)C2O)OC(C(C)(C)C)C1O.CC(C)(C)OCC1OC(OCC2OC(C(C)(C)C)C(O)C(O)C2O)C(O)C(O)C1O. The van der Waals surface area contributed by atoms with Crippen LogP contribution in [0.2, 0.25) is 0 Å². The molecule has 5 saturated heterocycles. The molecule has 5 heterocycles. The van der Waals surface area contributed by atoms with E-state index in [4.69, 9.17) is 42.6 Å². The summed E-state index contributed by atoms with van der Waals surface area (Å²) in [6.45, 7) is 25.6. The summed E-state index contributed by atoms with van der Waals surface area (Å²) in [6.07, 6.45) is -26.1. The Kier molecular flexibility index (Phi) is 23.1. The minimum absolute atomic E-state index is 0.0339. The highest BCUT2D eigenvalue weighted by Crippen LogP contribution is 2.36. The predicted octanol–water partition coefficient (Wildman–Crippen LogP) is -1.98. The van der Waals surface area contributed by atoms with Crippen molar-refractivity contribution in [3.05, 3.63) is 12.3 Å². The maximum atomic E-state index is 12.1. The Bertz CT molecular complexity index is 1710. The van der Waals surface area contributed by atoms with Crippen LogP contribution in [0.4, 0.5) is 0 Å². The Labute approximate surface area is 421 Å². The molecule has 5 aliphatic rings. The monoisotopic (exact) mass is 1040 g/mol. The Morgan fingerprint density at radius 1 is 0.514 bits per heavy atom. The summed E-state index contributed by atoms with van der Waals surface area (Å²) in [5.41, 5.74) is -2.20. The van der Waals surface area contributed by atoms with Crippen molar-refractivity contribution in [2.24, 2.45) is 10.8 Å². The molecule has 0 amide bonds. The number of Topliss-reactive ketones (excluding diaryl/α,β-unsaturated/α-hetero) is 1. The summed E-state index contributed by atoms with van der Waals surface area (Å²) in [7, 11) is 0. The molecular weight excluding hydrogens is 961 g/mol. The second-order valence-electron chi connectivity index (χ2n) is 22.9. The first kappa shape index (κ1) is 63.9. The summed E-state index contributed by atoms with van der Waals surface area (Å²) in [5, 5.41) is 114. The number of esters is 2. The molecule has 72 heavy (non-hydrogen) atoms. The Hall–Kier alpha value is -2.41. The van der Waals surface area contributed by atoms with Crippen LogP contribution in [-0.4, -0.2) is 234 Å². The molecule has 0 aromatic heterocycles. The van der Waals surface area contributed by atoms with Gasteiger partial charge in [-0.05, 0) is 59.3 Å². The molecule has 0 spiro atoms. The molecule has 0 radical (unpaired) electrons. The number of ether oxygens (including phenoxy) is 10. The number of aliphatic hydroxyl groups is 11. The van der Waals surface area contributed by atoms with Gasteiger partial charge in [-0.1, -0.05) is 48.1 Å². The third-order valence-corrected chi connectivity index (χ3v) is 11.9. The van der Waals surface area contributed by atoms with Crippen LogP contribution in [-0.2, 0) is 61.8 Å². The van der Waals surface area contributed by atoms with Crippen LogP contribution >= 0.6 is 0 Å². The molecule has 24 nitrogen and oxygen atoms in total. The van der Waals surface area contributed by atoms with E-state index in [1.54, 1.807) is 20.8 Å². The van der Waals surface area contributed by atoms with E-state index < -0.39 is 163 Å². The largest absolute Gasteiger partial charge is 0.456 e. The number of ketones is 1. The van der Waals surface area contributed by atoms with Gasteiger partial charge >= 0.3 is 11.9 Å². The average molecular weight is 1050 g/mol. The van der Waals surface area contributed by atoms with Gasteiger partial charge in [-0.3, -0.25) is 14.4 Å². The average Bonchev–Trinajstić information content (AvgIpc) is 3.23. The number of cyclic esters (lactones) is 1. The van der Waals surface area contributed by atoms with Gasteiger partial charge in [-0.15, -0.1) is 0 Å². The molecule has 20 atom stereocenters. The van der Waals surface area contributed by atoms with Crippen molar-refractivity contribution >= 4 is 17.7 Å². The zero-order valence-corrected chi connectivity index (χ0v) is 43.7. The molecular formula is C48H84O24. The molecule has 20 unspecified atom stereocenters. The normalized spacial score (nSPS) is 38.8. The maximum Gasteiger partial charge on any atom is 0.318 e. The van der Waals surface area contributed by atoms with Crippen molar-refractivity contribution in [3.63, 3.8) is 0 Å². The summed E-state index contributed by atoms with van der Waals surface area (Å²) in [4.78, 5) is 33.2. The Balaban J connectivity index is 0.000000344. The van der Waals surface area contributed by atoms with Crippen molar-refractivity contribution in [2.75, 3.05) is 26.4 Å². The summed E-state index contributed by atoms with van der Waals surface area (Å²) >= 11 is 0. The highest BCUT2D eigenvalue weighted by Gasteiger charge is 2.53. The first-order valence-corrected chi connectivity index (χ1v) is 24.0. The highest BCUT2D eigenvalue weighted by atomic mass is 16.7. The van der Waals surface area contributed by atoms with E-state index in [9.17, 15) is 70.6 Å². The smallest absolute Gasteiger partial charge is 0.318 e. The molecule has 0 aromatic rings. The van der Waals surface area contributed by atoms with E-state index in [0.29, 0.717) is 12.2 Å². The zero-order chi connectivity index (χ0) is 55.2. The fourth-order valence-corrected chi connectivity index (χ4v) is 7.87. The number of aliphatic hydroxyl groups excluding tert-OH is 11. The van der Waals surface area contributed by atoms with E-state index in [0.717, 1.165) is 0 Å². The molecule has 0 saturated carbocycles. The standard InChI is InChI=1S/C24H42O12.C20H38O10.C4H4O2/c1-11(25)8-14(26)36-20-16(28)12(34-21(19(20)31)23(2,3)4)9-32-22-18(30)17(29)15(27)13(35-22)10-33-24(5,6)7;1-19(2,3)17-15(25)13(23)11(21)9(29-17)7-27-18-16(26)14(24)12(22)10(30-18)8-28-20(4,5)6;1-3-2-4(5)6-3/h12-13,15-22,27-31H,8-10H2,1-7H3;9-18,21-26H,7-8H2,1-6H3;1-2H2. The molecule has 5 rings (SSSR count). The number of carbonyl (C=O) groups is 3. The fraction of sp³-hybridized carbons (Fsp3) is 0.896. The van der Waals surface area contributed by atoms with Crippen molar-refractivity contribution < 1.29 is 118 Å². The van der Waals surface area contributed by atoms with Crippen molar-refractivity contribution in [3.8, 4) is 0 Å². The number of carbonyl (C=O) groups excluding carboxylic acids is 3. The minimum Gasteiger partial charge on any atom is -0.456 e. The van der Waals surface area contributed by atoms with Crippen LogP contribution < -0.4 is 0 Å². The third kappa shape index (κ3) is 18.4. The van der Waals surface area contributed by atoms with Gasteiger partial charge in [0.05, 0.1) is 49.8 Å². The predicted molar refractivity (Wildman–Crippen MR) is 248 cm³/mol. The maximum absolute atomic E-state index is 12.1. The van der Waals surface area contributed by atoms with Crippen molar-refractivity contribution in [2.45, 2.75) is 237 Å². The molecule has 11 N–H and O–H groups in total. The van der Waals surface area contributed by atoms with Gasteiger partial charge in [0.1, 0.15) is 116 Å². The lowest BCUT2D eigenvalue weighted by molar-refractivity contribution is -0.320. The summed E-state index contributed by atoms with van der Waals surface area (Å²) in [5.74, 6) is -0.915. The van der Waals surface area contributed by atoms with Gasteiger partial charge in [-0.2, -0.15) is 0 Å². The molecule has 0 bridgehead atoms. The molecule has 0 aliphatic carbocycles. The Morgan fingerprint density at radius 3 is 1.18 bits per heavy atom. The third-order valence-electron chi connectivity index (χ3n) is 11.9. The van der Waals surface area contributed by atoms with Crippen molar-refractivity contribution in [1.29, 1.82) is 0 Å². The van der Waals surface area contributed by atoms with Gasteiger partial charge < -0.3 is 104 Å². The van der Waals surface area contributed by atoms with E-state index in [-0.39, 0.29) is 32.4 Å². The lowest BCUT2D eigenvalue weighted by atomic mass is 9.80. The number of rotatable bonds is 13. The first-order chi connectivity index (χ1) is 32.8. The molecule has 5 fully saturated rings. The molecule has 420 valence electrons. The van der Waals surface area contributed by atoms with Gasteiger partial charge in [-0.25, -0.2) is 0 Å². The van der Waals surface area contributed by atoms with E-state index in [1.807, 2.05) is 62.3 Å².